The maximum absolute atomic E-state index is 5.42. The van der Waals surface area contributed by atoms with Gasteiger partial charge in [-0.3, -0.25) is 4.99 Å². The Kier molecular flexibility index (Phi) is 2.84. The number of rotatable bonds is 2. The third kappa shape index (κ3) is 1.96. The molecule has 3 N–H and O–H groups in total. The van der Waals surface area contributed by atoms with Crippen molar-refractivity contribution in [3.63, 3.8) is 0 Å². The summed E-state index contributed by atoms with van der Waals surface area (Å²) < 4.78 is 4.99. The zero-order chi connectivity index (χ0) is 9.80. The van der Waals surface area contributed by atoms with Crippen LogP contribution in [-0.4, -0.2) is 11.9 Å². The zero-order valence-corrected chi connectivity index (χ0v) is 8.07. The first-order valence-electron chi connectivity index (χ1n) is 4.97. The molecule has 0 radical (unpaired) electrons. The molecule has 1 aliphatic rings. The summed E-state index contributed by atoms with van der Waals surface area (Å²) in [6.45, 7) is 0. The molecule has 76 valence electrons. The van der Waals surface area contributed by atoms with Gasteiger partial charge in [-0.05, 0) is 18.9 Å². The van der Waals surface area contributed by atoms with E-state index >= 15 is 0 Å². The van der Waals surface area contributed by atoms with Crippen molar-refractivity contribution >= 4 is 5.84 Å². The second kappa shape index (κ2) is 4.28. The highest BCUT2D eigenvalue weighted by Crippen LogP contribution is 2.21. The summed E-state index contributed by atoms with van der Waals surface area (Å²) in [7, 11) is 0. The molecule has 0 aliphatic heterocycles. The number of amidine groups is 1. The fourth-order valence-electron chi connectivity index (χ4n) is 1.81. The van der Waals surface area contributed by atoms with E-state index in [2.05, 4.69) is 10.4 Å². The first-order chi connectivity index (χ1) is 6.90. The summed E-state index contributed by atoms with van der Waals surface area (Å²) in [5.74, 6) is 6.15. The Labute approximate surface area is 83.2 Å². The zero-order valence-electron chi connectivity index (χ0n) is 8.07. The Morgan fingerprint density at radius 1 is 1.50 bits per heavy atom. The van der Waals surface area contributed by atoms with Crippen molar-refractivity contribution in [1.82, 2.24) is 5.43 Å². The highest BCUT2D eigenvalue weighted by atomic mass is 16.3. The maximum Gasteiger partial charge on any atom is 0.146 e. The number of hydrogen-bond acceptors (Lipinski definition) is 3. The molecule has 0 bridgehead atoms. The first-order valence-corrected chi connectivity index (χ1v) is 4.97. The second-order valence-electron chi connectivity index (χ2n) is 3.57. The van der Waals surface area contributed by atoms with E-state index in [0.717, 1.165) is 11.4 Å². The van der Waals surface area contributed by atoms with Crippen LogP contribution in [0.15, 0.2) is 28.0 Å². The SMILES string of the molecule is NNC(=NC1CCCC1)c1ccoc1. The molecule has 4 heteroatoms. The van der Waals surface area contributed by atoms with E-state index in [1.165, 1.54) is 25.7 Å². The molecule has 1 aromatic heterocycles. The largest absolute Gasteiger partial charge is 0.472 e. The fraction of sp³-hybridized carbons (Fsp3) is 0.500. The Balaban J connectivity index is 2.12. The lowest BCUT2D eigenvalue weighted by atomic mass is 10.2. The lowest BCUT2D eigenvalue weighted by molar-refractivity contribution is 0.566. The molecular weight excluding hydrogens is 178 g/mol. The van der Waals surface area contributed by atoms with Gasteiger partial charge in [0, 0.05) is 0 Å². The van der Waals surface area contributed by atoms with Crippen LogP contribution in [0.2, 0.25) is 0 Å². The molecule has 4 nitrogen and oxygen atoms in total. The summed E-state index contributed by atoms with van der Waals surface area (Å²) in [6, 6.07) is 2.28. The van der Waals surface area contributed by atoms with E-state index in [4.69, 9.17) is 10.3 Å². The van der Waals surface area contributed by atoms with Gasteiger partial charge in [0.05, 0.1) is 17.9 Å². The van der Waals surface area contributed by atoms with Gasteiger partial charge < -0.3 is 9.84 Å². The van der Waals surface area contributed by atoms with Gasteiger partial charge in [-0.1, -0.05) is 12.8 Å². The number of hydrogen-bond donors (Lipinski definition) is 2. The molecule has 0 spiro atoms. The Morgan fingerprint density at radius 3 is 2.86 bits per heavy atom. The van der Waals surface area contributed by atoms with E-state index < -0.39 is 0 Å². The van der Waals surface area contributed by atoms with Crippen LogP contribution >= 0.6 is 0 Å². The van der Waals surface area contributed by atoms with Gasteiger partial charge >= 0.3 is 0 Å². The predicted octanol–water partition coefficient (Wildman–Crippen LogP) is 1.43. The molecule has 2 rings (SSSR count). The first kappa shape index (κ1) is 9.27. The van der Waals surface area contributed by atoms with Crippen LogP contribution in [0.5, 0.6) is 0 Å². The van der Waals surface area contributed by atoms with E-state index in [0.29, 0.717) is 6.04 Å². The third-order valence-corrected chi connectivity index (χ3v) is 2.57. The molecule has 1 fully saturated rings. The van der Waals surface area contributed by atoms with Crippen LogP contribution in [0.3, 0.4) is 0 Å². The summed E-state index contributed by atoms with van der Waals surface area (Å²) in [6.07, 6.45) is 8.16. The minimum Gasteiger partial charge on any atom is -0.472 e. The molecule has 0 aromatic carbocycles. The number of aliphatic imine (C=N–C) groups is 1. The van der Waals surface area contributed by atoms with Crippen molar-refractivity contribution in [2.24, 2.45) is 10.8 Å². The molecule has 0 saturated heterocycles. The lowest BCUT2D eigenvalue weighted by Crippen LogP contribution is -2.31. The van der Waals surface area contributed by atoms with Crippen molar-refractivity contribution in [2.75, 3.05) is 0 Å². The van der Waals surface area contributed by atoms with Crippen LogP contribution in [0.4, 0.5) is 0 Å². The van der Waals surface area contributed by atoms with Crippen molar-refractivity contribution < 1.29 is 4.42 Å². The molecule has 1 saturated carbocycles. The van der Waals surface area contributed by atoms with Crippen molar-refractivity contribution in [3.05, 3.63) is 24.2 Å². The van der Waals surface area contributed by atoms with Gasteiger partial charge in [-0.15, -0.1) is 0 Å². The van der Waals surface area contributed by atoms with Crippen LogP contribution in [0, 0.1) is 0 Å². The smallest absolute Gasteiger partial charge is 0.146 e. The average Bonchev–Trinajstić information content (AvgIpc) is 2.86. The van der Waals surface area contributed by atoms with Crippen molar-refractivity contribution in [3.8, 4) is 0 Å². The van der Waals surface area contributed by atoms with Gasteiger partial charge in [-0.25, -0.2) is 5.84 Å². The van der Waals surface area contributed by atoms with Crippen molar-refractivity contribution in [1.29, 1.82) is 0 Å². The van der Waals surface area contributed by atoms with Gasteiger partial charge in [0.15, 0.2) is 0 Å². The lowest BCUT2D eigenvalue weighted by Gasteiger charge is -2.07. The molecule has 0 atom stereocenters. The standard InChI is InChI=1S/C10H15N3O/c11-13-10(8-5-6-14-7-8)12-9-3-1-2-4-9/h5-7,9H,1-4,11H2,(H,12,13). The number of nitrogens with one attached hydrogen (secondary N) is 1. The quantitative estimate of drug-likeness (QED) is 0.323. The van der Waals surface area contributed by atoms with E-state index in [1.54, 1.807) is 12.5 Å². The monoisotopic (exact) mass is 193 g/mol. The molecule has 1 heterocycles. The Bertz CT molecular complexity index is 299. The highest BCUT2D eigenvalue weighted by molar-refractivity contribution is 5.98. The number of nitrogens with two attached hydrogens (primary N) is 1. The van der Waals surface area contributed by atoms with Gasteiger partial charge in [0.25, 0.3) is 0 Å². The minimum atomic E-state index is 0.427. The molecule has 1 aromatic rings. The Hall–Kier alpha value is -1.29. The molecule has 0 unspecified atom stereocenters. The van der Waals surface area contributed by atoms with Crippen molar-refractivity contribution in [2.45, 2.75) is 31.7 Å². The van der Waals surface area contributed by atoms with E-state index in [9.17, 15) is 0 Å². The Morgan fingerprint density at radius 2 is 2.29 bits per heavy atom. The van der Waals surface area contributed by atoms with Gasteiger partial charge in [0.1, 0.15) is 12.1 Å². The molecule has 14 heavy (non-hydrogen) atoms. The third-order valence-electron chi connectivity index (χ3n) is 2.57. The maximum atomic E-state index is 5.42. The number of hydrazine groups is 1. The van der Waals surface area contributed by atoms with Crippen LogP contribution < -0.4 is 11.3 Å². The minimum absolute atomic E-state index is 0.427. The van der Waals surface area contributed by atoms with E-state index in [-0.39, 0.29) is 0 Å². The molecule has 0 amide bonds. The summed E-state index contributed by atoms with van der Waals surface area (Å²) in [5.41, 5.74) is 3.54. The summed E-state index contributed by atoms with van der Waals surface area (Å²) in [5, 5.41) is 0. The average molecular weight is 193 g/mol. The van der Waals surface area contributed by atoms with Gasteiger partial charge in [0.2, 0.25) is 0 Å². The fourth-order valence-corrected chi connectivity index (χ4v) is 1.81. The summed E-state index contributed by atoms with van der Waals surface area (Å²) >= 11 is 0. The number of furan rings is 1. The highest BCUT2D eigenvalue weighted by Gasteiger charge is 2.15. The van der Waals surface area contributed by atoms with Crippen LogP contribution in [0.25, 0.3) is 0 Å². The van der Waals surface area contributed by atoms with Crippen LogP contribution in [0.1, 0.15) is 31.2 Å². The van der Waals surface area contributed by atoms with Gasteiger partial charge in [-0.2, -0.15) is 0 Å². The second-order valence-corrected chi connectivity index (χ2v) is 3.57. The molecule has 1 aliphatic carbocycles. The predicted molar refractivity (Wildman–Crippen MR) is 54.8 cm³/mol. The normalized spacial score (nSPS) is 18.8. The number of nitrogens with zero attached hydrogens (tertiary/aromatic N) is 1. The summed E-state index contributed by atoms with van der Waals surface area (Å²) in [4.78, 5) is 4.56. The molecular formula is C10H15N3O. The van der Waals surface area contributed by atoms with E-state index in [1.807, 2.05) is 6.07 Å². The van der Waals surface area contributed by atoms with Crippen LogP contribution in [-0.2, 0) is 0 Å². The topological polar surface area (TPSA) is 63.5 Å².